The molecule has 0 bridgehead atoms. The number of hydrogen-bond acceptors (Lipinski definition) is 5. The first kappa shape index (κ1) is 14.3. The molecular formula is C13H17N3O4. The maximum atomic E-state index is 11.1. The van der Waals surface area contributed by atoms with Gasteiger partial charge in [0.1, 0.15) is 5.69 Å². The molecule has 7 heteroatoms. The van der Waals surface area contributed by atoms with Crippen LogP contribution in [-0.2, 0) is 0 Å². The lowest BCUT2D eigenvalue weighted by Gasteiger charge is -2.33. The molecule has 1 aromatic rings. The molecule has 7 nitrogen and oxygen atoms in total. The highest BCUT2D eigenvalue weighted by molar-refractivity contribution is 5.90. The molecule has 1 saturated heterocycles. The van der Waals surface area contributed by atoms with Gasteiger partial charge in [-0.3, -0.25) is 10.1 Å². The standard InChI is InChI=1S/C13H17N3O4/c1-15(10-4-6-14-7-5-10)12-8-9(13(17)18)2-3-11(12)16(19)20/h2-3,8,10,14H,4-7H2,1H3,(H,17,18). The van der Waals surface area contributed by atoms with Crippen LogP contribution in [0, 0.1) is 10.1 Å². The van der Waals surface area contributed by atoms with Crippen LogP contribution in [0.1, 0.15) is 23.2 Å². The predicted molar refractivity (Wildman–Crippen MR) is 74.4 cm³/mol. The minimum Gasteiger partial charge on any atom is -0.478 e. The molecule has 0 radical (unpaired) electrons. The van der Waals surface area contributed by atoms with Crippen molar-refractivity contribution < 1.29 is 14.8 Å². The second kappa shape index (κ2) is 5.87. The minimum absolute atomic E-state index is 0.0592. The first-order chi connectivity index (χ1) is 9.50. The number of aromatic carboxylic acids is 1. The Morgan fingerprint density at radius 2 is 2.10 bits per heavy atom. The number of nitrogens with zero attached hydrogens (tertiary/aromatic N) is 2. The molecule has 0 aliphatic carbocycles. The van der Waals surface area contributed by atoms with Crippen LogP contribution in [0.2, 0.25) is 0 Å². The number of nitro benzene ring substituents is 1. The van der Waals surface area contributed by atoms with E-state index >= 15 is 0 Å². The summed E-state index contributed by atoms with van der Waals surface area (Å²) in [5.74, 6) is -1.08. The lowest BCUT2D eigenvalue weighted by Crippen LogP contribution is -2.41. The Hall–Kier alpha value is -2.15. The van der Waals surface area contributed by atoms with Gasteiger partial charge >= 0.3 is 5.97 Å². The fourth-order valence-corrected chi connectivity index (χ4v) is 2.48. The summed E-state index contributed by atoms with van der Waals surface area (Å²) in [6.07, 6.45) is 1.76. The number of hydrogen-bond donors (Lipinski definition) is 2. The molecule has 1 aromatic carbocycles. The molecule has 0 amide bonds. The molecule has 0 atom stereocenters. The molecule has 2 rings (SSSR count). The van der Waals surface area contributed by atoms with E-state index in [1.54, 1.807) is 7.05 Å². The molecule has 0 unspecified atom stereocenters. The maximum absolute atomic E-state index is 11.1. The number of rotatable bonds is 4. The number of anilines is 1. The number of carboxylic acids is 1. The first-order valence-corrected chi connectivity index (χ1v) is 6.46. The fourth-order valence-electron chi connectivity index (χ4n) is 2.48. The molecule has 0 saturated carbocycles. The average molecular weight is 279 g/mol. The van der Waals surface area contributed by atoms with Gasteiger partial charge < -0.3 is 15.3 Å². The zero-order valence-electron chi connectivity index (χ0n) is 11.2. The van der Waals surface area contributed by atoms with Gasteiger partial charge in [0, 0.05) is 19.2 Å². The van der Waals surface area contributed by atoms with Crippen molar-refractivity contribution in [3.05, 3.63) is 33.9 Å². The van der Waals surface area contributed by atoms with E-state index in [2.05, 4.69) is 5.32 Å². The molecule has 108 valence electrons. The third-order valence-corrected chi connectivity index (χ3v) is 3.66. The fraction of sp³-hybridized carbons (Fsp3) is 0.462. The van der Waals surface area contributed by atoms with Crippen molar-refractivity contribution in [1.82, 2.24) is 5.32 Å². The van der Waals surface area contributed by atoms with Crippen molar-refractivity contribution in [3.63, 3.8) is 0 Å². The number of carbonyl (C=O) groups is 1. The maximum Gasteiger partial charge on any atom is 0.335 e. The van der Waals surface area contributed by atoms with Crippen molar-refractivity contribution >= 4 is 17.3 Å². The van der Waals surface area contributed by atoms with Gasteiger partial charge in [-0.05, 0) is 38.1 Å². The molecule has 0 aromatic heterocycles. The quantitative estimate of drug-likeness (QED) is 0.640. The Morgan fingerprint density at radius 3 is 2.65 bits per heavy atom. The lowest BCUT2D eigenvalue weighted by atomic mass is 10.0. The third-order valence-electron chi connectivity index (χ3n) is 3.66. The van der Waals surface area contributed by atoms with E-state index < -0.39 is 10.9 Å². The Balaban J connectivity index is 2.37. The summed E-state index contributed by atoms with van der Waals surface area (Å²) in [5, 5.41) is 23.4. The zero-order valence-corrected chi connectivity index (χ0v) is 11.2. The van der Waals surface area contributed by atoms with Crippen molar-refractivity contribution in [3.8, 4) is 0 Å². The van der Waals surface area contributed by atoms with Crippen LogP contribution in [0.25, 0.3) is 0 Å². The summed E-state index contributed by atoms with van der Waals surface area (Å²) < 4.78 is 0. The Morgan fingerprint density at radius 1 is 1.45 bits per heavy atom. The van der Waals surface area contributed by atoms with E-state index in [-0.39, 0.29) is 17.3 Å². The monoisotopic (exact) mass is 279 g/mol. The average Bonchev–Trinajstić information content (AvgIpc) is 2.46. The van der Waals surface area contributed by atoms with Crippen LogP contribution >= 0.6 is 0 Å². The van der Waals surface area contributed by atoms with Crippen molar-refractivity contribution in [2.45, 2.75) is 18.9 Å². The van der Waals surface area contributed by atoms with Crippen molar-refractivity contribution in [1.29, 1.82) is 0 Å². The van der Waals surface area contributed by atoms with Crippen molar-refractivity contribution in [2.24, 2.45) is 0 Å². The van der Waals surface area contributed by atoms with E-state index in [1.807, 2.05) is 4.90 Å². The van der Waals surface area contributed by atoms with Crippen LogP contribution < -0.4 is 10.2 Å². The zero-order chi connectivity index (χ0) is 14.7. The number of benzene rings is 1. The van der Waals surface area contributed by atoms with Crippen LogP contribution in [0.15, 0.2) is 18.2 Å². The summed E-state index contributed by atoms with van der Waals surface area (Å²) in [7, 11) is 1.78. The van der Waals surface area contributed by atoms with Gasteiger partial charge in [0.05, 0.1) is 10.5 Å². The first-order valence-electron chi connectivity index (χ1n) is 6.46. The van der Waals surface area contributed by atoms with Gasteiger partial charge in [-0.25, -0.2) is 4.79 Å². The van der Waals surface area contributed by atoms with Gasteiger partial charge in [-0.1, -0.05) is 0 Å². The summed E-state index contributed by atoms with van der Waals surface area (Å²) in [6, 6.07) is 4.08. The Bertz CT molecular complexity index is 526. The molecule has 2 N–H and O–H groups in total. The predicted octanol–water partition coefficient (Wildman–Crippen LogP) is 1.48. The topological polar surface area (TPSA) is 95.7 Å². The highest BCUT2D eigenvalue weighted by Gasteiger charge is 2.25. The summed E-state index contributed by atoms with van der Waals surface area (Å²) in [5.41, 5.74) is 0.365. The minimum atomic E-state index is -1.08. The van der Waals surface area contributed by atoms with Crippen LogP contribution in [0.5, 0.6) is 0 Å². The van der Waals surface area contributed by atoms with Crippen molar-refractivity contribution in [2.75, 3.05) is 25.0 Å². The number of piperidine rings is 1. The highest BCUT2D eigenvalue weighted by Crippen LogP contribution is 2.31. The lowest BCUT2D eigenvalue weighted by molar-refractivity contribution is -0.384. The second-order valence-corrected chi connectivity index (χ2v) is 4.86. The molecule has 1 heterocycles. The number of nitro groups is 1. The Kier molecular flexibility index (Phi) is 4.19. The molecule has 1 fully saturated rings. The van der Waals surface area contributed by atoms with Gasteiger partial charge in [0.25, 0.3) is 5.69 Å². The van der Waals surface area contributed by atoms with Crippen LogP contribution in [-0.4, -0.2) is 42.2 Å². The normalized spacial score (nSPS) is 15.8. The number of nitrogens with one attached hydrogen (secondary N) is 1. The van der Waals surface area contributed by atoms with Gasteiger partial charge in [-0.15, -0.1) is 0 Å². The smallest absolute Gasteiger partial charge is 0.335 e. The van der Waals surface area contributed by atoms with E-state index in [9.17, 15) is 14.9 Å². The summed E-state index contributed by atoms with van der Waals surface area (Å²) >= 11 is 0. The molecule has 0 spiro atoms. The molecule has 20 heavy (non-hydrogen) atoms. The molecule has 1 aliphatic rings. The van der Waals surface area contributed by atoms with Gasteiger partial charge in [-0.2, -0.15) is 0 Å². The summed E-state index contributed by atoms with van der Waals surface area (Å²) in [4.78, 5) is 23.5. The van der Waals surface area contributed by atoms with Gasteiger partial charge in [0.15, 0.2) is 0 Å². The second-order valence-electron chi connectivity index (χ2n) is 4.86. The largest absolute Gasteiger partial charge is 0.478 e. The van der Waals surface area contributed by atoms with Crippen LogP contribution in [0.3, 0.4) is 0 Å². The third kappa shape index (κ3) is 2.88. The molecule has 1 aliphatic heterocycles. The molecular weight excluding hydrogens is 262 g/mol. The van der Waals surface area contributed by atoms with Gasteiger partial charge in [0.2, 0.25) is 0 Å². The SMILES string of the molecule is CN(c1cc(C(=O)O)ccc1[N+](=O)[O-])C1CCNCC1. The highest BCUT2D eigenvalue weighted by atomic mass is 16.6. The Labute approximate surface area is 116 Å². The van der Waals surface area contributed by atoms with E-state index in [4.69, 9.17) is 5.11 Å². The summed E-state index contributed by atoms with van der Waals surface area (Å²) in [6.45, 7) is 1.73. The van der Waals surface area contributed by atoms with Crippen LogP contribution in [0.4, 0.5) is 11.4 Å². The van der Waals surface area contributed by atoms with E-state index in [0.717, 1.165) is 25.9 Å². The number of carboxylic acid groups (broad SMARTS) is 1. The van der Waals surface area contributed by atoms with E-state index in [0.29, 0.717) is 5.69 Å². The van der Waals surface area contributed by atoms with E-state index in [1.165, 1.54) is 18.2 Å².